The van der Waals surface area contributed by atoms with Gasteiger partial charge in [0.25, 0.3) is 0 Å². The van der Waals surface area contributed by atoms with Gasteiger partial charge in [0.2, 0.25) is 5.78 Å². The summed E-state index contributed by atoms with van der Waals surface area (Å²) in [5, 5.41) is 21.8. The number of Topliss-reactive ketones (excluding diaryl/α,β-unsaturated/α-hetero) is 1. The number of phenols is 1. The SMILES string of the molecule is CC1N(C)C2=CC(=O)/C(=C3/C(=O)C(c4cc5c(cc4O)N(C)C(C)C5(C)C)=C3O)C=C2C1(C)C. The zero-order valence-corrected chi connectivity index (χ0v) is 21.1. The van der Waals surface area contributed by atoms with Gasteiger partial charge in [-0.1, -0.05) is 27.7 Å². The number of aromatic hydroxyl groups is 1. The van der Waals surface area contributed by atoms with E-state index in [0.717, 1.165) is 22.5 Å². The molecule has 0 saturated carbocycles. The molecule has 5 rings (SSSR count). The Morgan fingerprint density at radius 1 is 0.853 bits per heavy atom. The summed E-state index contributed by atoms with van der Waals surface area (Å²) < 4.78 is 0. The van der Waals surface area contributed by atoms with Gasteiger partial charge < -0.3 is 20.0 Å². The van der Waals surface area contributed by atoms with Crippen molar-refractivity contribution in [2.75, 3.05) is 19.0 Å². The maximum atomic E-state index is 13.3. The molecule has 4 aliphatic rings. The third kappa shape index (κ3) is 2.57. The third-order valence-electron chi connectivity index (χ3n) is 9.08. The van der Waals surface area contributed by atoms with Crippen LogP contribution in [0, 0.1) is 5.41 Å². The van der Waals surface area contributed by atoms with E-state index in [0.29, 0.717) is 5.56 Å². The number of rotatable bonds is 1. The highest BCUT2D eigenvalue weighted by molar-refractivity contribution is 6.41. The Labute approximate surface area is 200 Å². The summed E-state index contributed by atoms with van der Waals surface area (Å²) in [6, 6.07) is 3.87. The van der Waals surface area contributed by atoms with Crippen molar-refractivity contribution in [2.45, 2.75) is 59.0 Å². The second kappa shape index (κ2) is 6.65. The summed E-state index contributed by atoms with van der Waals surface area (Å²) in [5.74, 6) is -0.998. The van der Waals surface area contributed by atoms with Crippen LogP contribution < -0.4 is 4.90 Å². The van der Waals surface area contributed by atoms with Crippen LogP contribution in [-0.2, 0) is 15.0 Å². The number of likely N-dealkylation sites (tertiary alicyclic amines) is 1. The Balaban J connectivity index is 1.64. The largest absolute Gasteiger partial charge is 0.507 e. The Bertz CT molecular complexity index is 1320. The lowest BCUT2D eigenvalue weighted by atomic mass is 9.74. The Morgan fingerprint density at radius 3 is 2.09 bits per heavy atom. The van der Waals surface area contributed by atoms with Gasteiger partial charge in [-0.05, 0) is 37.1 Å². The lowest BCUT2D eigenvalue weighted by Gasteiger charge is -2.29. The molecule has 0 spiro atoms. The molecule has 0 radical (unpaired) electrons. The standard InChI is InChI=1S/C28H32N2O4/c1-13-27(3,4)17-9-15(21(31)11-19(17)29(13)7)23-25(33)24(26(23)34)16-10-18-20(12-22(16)32)30(8)14(2)28(18,5)6/h9-14,31,33H,1-8H3/b24-16+. The second-order valence-corrected chi connectivity index (χ2v) is 11.2. The minimum atomic E-state index is -0.417. The van der Waals surface area contributed by atoms with Crippen LogP contribution in [0.4, 0.5) is 5.69 Å². The number of anilines is 1. The number of likely N-dealkylation sites (N-methyl/N-ethyl adjacent to an activating group) is 2. The van der Waals surface area contributed by atoms with Crippen molar-refractivity contribution in [3.63, 3.8) is 0 Å². The minimum Gasteiger partial charge on any atom is -0.507 e. The normalized spacial score (nSPS) is 29.2. The average molecular weight is 461 g/mol. The first-order valence-corrected chi connectivity index (χ1v) is 11.8. The van der Waals surface area contributed by atoms with Crippen LogP contribution in [0.3, 0.4) is 0 Å². The molecule has 2 aliphatic carbocycles. The topological polar surface area (TPSA) is 81.1 Å². The van der Waals surface area contributed by atoms with E-state index in [4.69, 9.17) is 0 Å². The zero-order chi connectivity index (χ0) is 25.1. The lowest BCUT2D eigenvalue weighted by Crippen LogP contribution is -2.36. The van der Waals surface area contributed by atoms with Gasteiger partial charge >= 0.3 is 0 Å². The number of nitrogens with zero attached hydrogens (tertiary/aromatic N) is 2. The molecular formula is C28H32N2O4. The Hall–Kier alpha value is -3.28. The smallest absolute Gasteiger partial charge is 0.202 e. The first-order chi connectivity index (χ1) is 15.7. The fraction of sp³-hybridized carbons (Fsp3) is 0.429. The van der Waals surface area contributed by atoms with Crippen LogP contribution in [0.15, 0.2) is 52.5 Å². The van der Waals surface area contributed by atoms with Crippen molar-refractivity contribution < 1.29 is 19.8 Å². The molecule has 2 atom stereocenters. The number of carbonyl (C=O) groups excluding carboxylic acids is 2. The molecule has 1 aromatic rings. The van der Waals surface area contributed by atoms with Gasteiger partial charge in [-0.3, -0.25) is 9.59 Å². The Morgan fingerprint density at radius 2 is 1.47 bits per heavy atom. The predicted molar refractivity (Wildman–Crippen MR) is 133 cm³/mol. The molecule has 2 aliphatic heterocycles. The highest BCUT2D eigenvalue weighted by Gasteiger charge is 2.47. The maximum Gasteiger partial charge on any atom is 0.202 e. The van der Waals surface area contributed by atoms with E-state index in [-0.39, 0.29) is 56.9 Å². The molecule has 6 nitrogen and oxygen atoms in total. The number of carbonyl (C=O) groups is 2. The fourth-order valence-corrected chi connectivity index (χ4v) is 5.90. The Kier molecular flexibility index (Phi) is 4.40. The summed E-state index contributed by atoms with van der Waals surface area (Å²) in [6.45, 7) is 12.7. The van der Waals surface area contributed by atoms with E-state index < -0.39 is 5.78 Å². The molecule has 34 heavy (non-hydrogen) atoms. The van der Waals surface area contributed by atoms with Crippen molar-refractivity contribution >= 4 is 22.8 Å². The van der Waals surface area contributed by atoms with Crippen molar-refractivity contribution in [3.8, 4) is 5.75 Å². The average Bonchev–Trinajstić information content (AvgIpc) is 3.03. The number of allylic oxidation sites excluding steroid dienone is 6. The number of hydrogen-bond acceptors (Lipinski definition) is 6. The van der Waals surface area contributed by atoms with E-state index in [2.05, 4.69) is 51.3 Å². The summed E-state index contributed by atoms with van der Waals surface area (Å²) in [7, 11) is 3.95. The molecule has 2 N–H and O–H groups in total. The number of ketones is 2. The summed E-state index contributed by atoms with van der Waals surface area (Å²) in [6.07, 6.45) is 3.33. The number of aliphatic hydroxyl groups is 1. The highest BCUT2D eigenvalue weighted by Crippen LogP contribution is 2.52. The van der Waals surface area contributed by atoms with Gasteiger partial charge in [0.1, 0.15) is 11.5 Å². The highest BCUT2D eigenvalue weighted by atomic mass is 16.3. The molecule has 2 heterocycles. The molecular weight excluding hydrogens is 428 g/mol. The lowest BCUT2D eigenvalue weighted by molar-refractivity contribution is -0.114. The first kappa shape index (κ1) is 22.5. The molecule has 1 saturated heterocycles. The van der Waals surface area contributed by atoms with Crippen LogP contribution in [0.1, 0.15) is 52.7 Å². The molecule has 2 unspecified atom stereocenters. The molecule has 1 aromatic carbocycles. The van der Waals surface area contributed by atoms with E-state index in [1.54, 1.807) is 18.2 Å². The van der Waals surface area contributed by atoms with Gasteiger partial charge in [-0.2, -0.15) is 0 Å². The summed E-state index contributed by atoms with van der Waals surface area (Å²) in [4.78, 5) is 30.5. The van der Waals surface area contributed by atoms with Crippen LogP contribution in [0.2, 0.25) is 0 Å². The van der Waals surface area contributed by atoms with E-state index >= 15 is 0 Å². The van der Waals surface area contributed by atoms with Crippen molar-refractivity contribution in [1.29, 1.82) is 0 Å². The van der Waals surface area contributed by atoms with Gasteiger partial charge in [-0.25, -0.2) is 0 Å². The van der Waals surface area contributed by atoms with Crippen molar-refractivity contribution in [1.82, 2.24) is 4.90 Å². The van der Waals surface area contributed by atoms with Crippen LogP contribution in [0.5, 0.6) is 5.75 Å². The molecule has 178 valence electrons. The zero-order valence-electron chi connectivity index (χ0n) is 21.1. The van der Waals surface area contributed by atoms with E-state index in [1.165, 1.54) is 0 Å². The van der Waals surface area contributed by atoms with E-state index in [1.807, 2.05) is 20.2 Å². The van der Waals surface area contributed by atoms with Crippen LogP contribution in [-0.4, -0.2) is 52.9 Å². The van der Waals surface area contributed by atoms with Gasteiger partial charge in [0.15, 0.2) is 5.78 Å². The molecule has 0 amide bonds. The van der Waals surface area contributed by atoms with Gasteiger partial charge in [0, 0.05) is 71.7 Å². The number of phenolic OH excluding ortho intramolecular Hbond substituents is 1. The number of hydrogen-bond donors (Lipinski definition) is 2. The summed E-state index contributed by atoms with van der Waals surface area (Å²) >= 11 is 0. The first-order valence-electron chi connectivity index (χ1n) is 11.8. The van der Waals surface area contributed by atoms with Crippen molar-refractivity contribution in [3.05, 3.63) is 63.6 Å². The van der Waals surface area contributed by atoms with Crippen molar-refractivity contribution in [2.24, 2.45) is 5.41 Å². The monoisotopic (exact) mass is 460 g/mol. The van der Waals surface area contributed by atoms with Gasteiger partial charge in [-0.15, -0.1) is 0 Å². The maximum absolute atomic E-state index is 13.3. The molecule has 0 aromatic heterocycles. The summed E-state index contributed by atoms with van der Waals surface area (Å²) in [5.41, 5.74) is 3.99. The molecule has 0 bridgehead atoms. The minimum absolute atomic E-state index is 0.0328. The quantitative estimate of drug-likeness (QED) is 0.605. The van der Waals surface area contributed by atoms with E-state index in [9.17, 15) is 19.8 Å². The fourth-order valence-electron chi connectivity index (χ4n) is 5.90. The molecule has 1 fully saturated rings. The predicted octanol–water partition coefficient (Wildman–Crippen LogP) is 4.41. The number of fused-ring (bicyclic) bond motifs is 2. The number of benzene rings is 1. The van der Waals surface area contributed by atoms with Crippen LogP contribution in [0.25, 0.3) is 5.57 Å². The van der Waals surface area contributed by atoms with Crippen LogP contribution >= 0.6 is 0 Å². The third-order valence-corrected chi connectivity index (χ3v) is 9.08. The van der Waals surface area contributed by atoms with Gasteiger partial charge in [0.05, 0.1) is 11.1 Å². The molecule has 6 heteroatoms. The number of aliphatic hydroxyl groups excluding tert-OH is 1. The second-order valence-electron chi connectivity index (χ2n) is 11.2.